The van der Waals surface area contributed by atoms with E-state index in [1.165, 1.54) is 6.20 Å². The Labute approximate surface area is 64.8 Å². The maximum Gasteiger partial charge on any atom is 0.232 e. The lowest BCUT2D eigenvalue weighted by Gasteiger charge is -2.00. The van der Waals surface area contributed by atoms with E-state index in [1.54, 1.807) is 6.07 Å². The van der Waals surface area contributed by atoms with Crippen LogP contribution >= 0.6 is 11.6 Å². The van der Waals surface area contributed by atoms with E-state index in [0.717, 1.165) is 0 Å². The van der Waals surface area contributed by atoms with Crippen LogP contribution in [0.25, 0.3) is 0 Å². The van der Waals surface area contributed by atoms with Gasteiger partial charge in [-0.25, -0.2) is 4.98 Å². The SMILES string of the molecule is CCOc1nc[c]cc1Cl. The zero-order valence-corrected chi connectivity index (χ0v) is 6.35. The van der Waals surface area contributed by atoms with Gasteiger partial charge in [-0.15, -0.1) is 0 Å². The Hall–Kier alpha value is -0.760. The molecule has 0 aliphatic carbocycles. The monoisotopic (exact) mass is 156 g/mol. The summed E-state index contributed by atoms with van der Waals surface area (Å²) in [5, 5.41) is 0.504. The first-order valence-corrected chi connectivity index (χ1v) is 3.36. The van der Waals surface area contributed by atoms with Gasteiger partial charge in [0.2, 0.25) is 5.88 Å². The topological polar surface area (TPSA) is 22.1 Å². The molecule has 0 aromatic carbocycles. The molecule has 2 nitrogen and oxygen atoms in total. The highest BCUT2D eigenvalue weighted by Gasteiger charge is 1.97. The zero-order valence-electron chi connectivity index (χ0n) is 5.60. The Morgan fingerprint density at radius 3 is 3.20 bits per heavy atom. The fourth-order valence-electron chi connectivity index (χ4n) is 0.573. The molecule has 0 fully saturated rings. The fourth-order valence-corrected chi connectivity index (χ4v) is 0.739. The van der Waals surface area contributed by atoms with Crippen LogP contribution < -0.4 is 4.74 Å². The van der Waals surface area contributed by atoms with Crippen molar-refractivity contribution in [3.8, 4) is 5.88 Å². The largest absolute Gasteiger partial charge is 0.477 e. The molecule has 0 amide bonds. The van der Waals surface area contributed by atoms with Crippen molar-refractivity contribution in [1.29, 1.82) is 0 Å². The van der Waals surface area contributed by atoms with Crippen molar-refractivity contribution in [3.63, 3.8) is 0 Å². The van der Waals surface area contributed by atoms with Gasteiger partial charge >= 0.3 is 0 Å². The minimum atomic E-state index is 0.475. The second-order valence-electron chi connectivity index (χ2n) is 1.66. The van der Waals surface area contributed by atoms with E-state index < -0.39 is 0 Å². The number of nitrogens with zero attached hydrogens (tertiary/aromatic N) is 1. The molecule has 0 spiro atoms. The standard InChI is InChI=1S/C7H7ClNO/c1-2-10-7-6(8)4-3-5-9-7/h4-5H,2H2,1H3. The normalized spacial score (nSPS) is 9.40. The molecule has 0 saturated heterocycles. The molecule has 1 aromatic rings. The molecule has 3 heteroatoms. The molecule has 53 valence electrons. The average molecular weight is 157 g/mol. The maximum absolute atomic E-state index is 5.68. The van der Waals surface area contributed by atoms with E-state index >= 15 is 0 Å². The third-order valence-corrected chi connectivity index (χ3v) is 1.22. The van der Waals surface area contributed by atoms with Crippen LogP contribution in [0.1, 0.15) is 6.92 Å². The lowest BCUT2D eigenvalue weighted by atomic mass is 10.5. The molecule has 0 unspecified atom stereocenters. The smallest absolute Gasteiger partial charge is 0.232 e. The van der Waals surface area contributed by atoms with Crippen molar-refractivity contribution in [2.45, 2.75) is 6.92 Å². The highest BCUT2D eigenvalue weighted by Crippen LogP contribution is 2.18. The first-order valence-electron chi connectivity index (χ1n) is 2.99. The molecule has 0 atom stereocenters. The highest BCUT2D eigenvalue weighted by atomic mass is 35.5. The van der Waals surface area contributed by atoms with Crippen molar-refractivity contribution in [2.75, 3.05) is 6.61 Å². The van der Waals surface area contributed by atoms with Crippen LogP contribution in [0.15, 0.2) is 12.3 Å². The number of hydrogen-bond donors (Lipinski definition) is 0. The predicted molar refractivity (Wildman–Crippen MR) is 39.3 cm³/mol. The average Bonchev–Trinajstić information content (AvgIpc) is 1.94. The summed E-state index contributed by atoms with van der Waals surface area (Å²) in [6.45, 7) is 2.46. The van der Waals surface area contributed by atoms with E-state index in [1.807, 2.05) is 6.92 Å². The van der Waals surface area contributed by atoms with Crippen LogP contribution in [0.2, 0.25) is 5.02 Å². The Kier molecular flexibility index (Phi) is 2.51. The molecule has 0 bridgehead atoms. The quantitative estimate of drug-likeness (QED) is 0.653. The van der Waals surface area contributed by atoms with E-state index in [0.29, 0.717) is 17.5 Å². The molecule has 1 aromatic heterocycles. The van der Waals surface area contributed by atoms with E-state index in [4.69, 9.17) is 16.3 Å². The minimum Gasteiger partial charge on any atom is -0.477 e. The number of aromatic nitrogens is 1. The zero-order chi connectivity index (χ0) is 7.40. The molecule has 1 rings (SSSR count). The van der Waals surface area contributed by atoms with E-state index in [9.17, 15) is 0 Å². The van der Waals surface area contributed by atoms with Gasteiger partial charge in [-0.1, -0.05) is 11.6 Å². The minimum absolute atomic E-state index is 0.475. The second-order valence-corrected chi connectivity index (χ2v) is 2.06. The van der Waals surface area contributed by atoms with Crippen LogP contribution in [0, 0.1) is 6.07 Å². The van der Waals surface area contributed by atoms with Crippen molar-refractivity contribution >= 4 is 11.6 Å². The third-order valence-electron chi connectivity index (χ3n) is 0.952. The fraction of sp³-hybridized carbons (Fsp3) is 0.286. The van der Waals surface area contributed by atoms with Gasteiger partial charge in [0.25, 0.3) is 0 Å². The first kappa shape index (κ1) is 7.35. The van der Waals surface area contributed by atoms with Crippen molar-refractivity contribution in [3.05, 3.63) is 23.4 Å². The Morgan fingerprint density at radius 1 is 1.80 bits per heavy atom. The summed E-state index contributed by atoms with van der Waals surface area (Å²) in [7, 11) is 0. The summed E-state index contributed by atoms with van der Waals surface area (Å²) in [6, 6.07) is 4.36. The third kappa shape index (κ3) is 1.61. The predicted octanol–water partition coefficient (Wildman–Crippen LogP) is 1.93. The molecule has 1 heterocycles. The van der Waals surface area contributed by atoms with Gasteiger partial charge in [0.1, 0.15) is 5.02 Å². The van der Waals surface area contributed by atoms with E-state index in [-0.39, 0.29) is 0 Å². The van der Waals surface area contributed by atoms with Gasteiger partial charge in [-0.05, 0) is 13.0 Å². The molecule has 0 aliphatic heterocycles. The van der Waals surface area contributed by atoms with Crippen LogP contribution in [0.4, 0.5) is 0 Å². The highest BCUT2D eigenvalue weighted by molar-refractivity contribution is 6.31. The lowest BCUT2D eigenvalue weighted by Crippen LogP contribution is -1.93. The Balaban J connectivity index is 2.81. The lowest BCUT2D eigenvalue weighted by molar-refractivity contribution is 0.327. The van der Waals surface area contributed by atoms with Gasteiger partial charge in [0, 0.05) is 12.3 Å². The summed E-state index contributed by atoms with van der Waals surface area (Å²) in [4.78, 5) is 3.86. The van der Waals surface area contributed by atoms with Gasteiger partial charge in [-0.2, -0.15) is 0 Å². The molecule has 1 radical (unpaired) electrons. The van der Waals surface area contributed by atoms with Gasteiger partial charge in [0.05, 0.1) is 6.61 Å². The second kappa shape index (κ2) is 3.42. The van der Waals surface area contributed by atoms with Crippen LogP contribution in [0.5, 0.6) is 5.88 Å². The van der Waals surface area contributed by atoms with Crippen LogP contribution in [-0.2, 0) is 0 Å². The van der Waals surface area contributed by atoms with Gasteiger partial charge in [-0.3, -0.25) is 0 Å². The Bertz CT molecular complexity index is 215. The van der Waals surface area contributed by atoms with Crippen LogP contribution in [-0.4, -0.2) is 11.6 Å². The summed E-state index contributed by atoms with van der Waals surface area (Å²) in [5.74, 6) is 0.475. The number of halogens is 1. The number of pyridine rings is 1. The molecular formula is C7H7ClNO. The molecule has 10 heavy (non-hydrogen) atoms. The van der Waals surface area contributed by atoms with Crippen LogP contribution in [0.3, 0.4) is 0 Å². The summed E-state index contributed by atoms with van der Waals surface area (Å²) in [6.07, 6.45) is 1.52. The molecule has 0 saturated carbocycles. The number of ether oxygens (including phenoxy) is 1. The van der Waals surface area contributed by atoms with Gasteiger partial charge < -0.3 is 4.74 Å². The first-order chi connectivity index (χ1) is 4.84. The van der Waals surface area contributed by atoms with Gasteiger partial charge in [0.15, 0.2) is 0 Å². The van der Waals surface area contributed by atoms with E-state index in [2.05, 4.69) is 11.1 Å². The summed E-state index contributed by atoms with van der Waals surface area (Å²) in [5.41, 5.74) is 0. The number of hydrogen-bond acceptors (Lipinski definition) is 2. The molecule has 0 aliphatic rings. The number of rotatable bonds is 2. The van der Waals surface area contributed by atoms with Crippen molar-refractivity contribution < 1.29 is 4.74 Å². The summed E-state index contributed by atoms with van der Waals surface area (Å²) < 4.78 is 5.07. The molecule has 0 N–H and O–H groups in total. The maximum atomic E-state index is 5.68. The Morgan fingerprint density at radius 2 is 2.60 bits per heavy atom. The molecular weight excluding hydrogens is 150 g/mol. The summed E-state index contributed by atoms with van der Waals surface area (Å²) >= 11 is 5.68. The van der Waals surface area contributed by atoms with Crippen molar-refractivity contribution in [2.24, 2.45) is 0 Å². The van der Waals surface area contributed by atoms with Crippen molar-refractivity contribution in [1.82, 2.24) is 4.98 Å².